The molecular formula is C28H30F2O2. The number of unbranched alkanes of at least 4 members (excludes halogenated alkanes) is 3. The number of aryl methyl sites for hydroxylation is 1. The normalized spacial score (nSPS) is 10.9. The standard InChI is InChI=1S/C28H30F2O2/c1-3-5-6-7-9-20-10-12-21(13-11-20)24-18-19-25(28(30)27(24)29)22-14-16-23(17-15-22)32-26(31)8-4-2/h10-19H,3-9H2,1-2H3. The molecule has 0 atom stereocenters. The van der Waals surface area contributed by atoms with Gasteiger partial charge in [-0.1, -0.05) is 81.6 Å². The van der Waals surface area contributed by atoms with Crippen molar-refractivity contribution >= 4 is 5.97 Å². The molecule has 0 saturated heterocycles. The van der Waals surface area contributed by atoms with Gasteiger partial charge in [-0.3, -0.25) is 4.79 Å². The number of hydrogen-bond donors (Lipinski definition) is 0. The van der Waals surface area contributed by atoms with Crippen molar-refractivity contribution in [2.45, 2.75) is 58.8 Å². The first-order valence-electron chi connectivity index (χ1n) is 11.4. The van der Waals surface area contributed by atoms with Gasteiger partial charge in [-0.05, 0) is 48.1 Å². The number of carbonyl (C=O) groups is 1. The molecule has 0 saturated carbocycles. The van der Waals surface area contributed by atoms with E-state index in [1.165, 1.54) is 24.8 Å². The monoisotopic (exact) mass is 436 g/mol. The van der Waals surface area contributed by atoms with E-state index in [-0.39, 0.29) is 17.1 Å². The summed E-state index contributed by atoms with van der Waals surface area (Å²) in [4.78, 5) is 11.6. The summed E-state index contributed by atoms with van der Waals surface area (Å²) >= 11 is 0. The molecule has 0 N–H and O–H groups in total. The van der Waals surface area contributed by atoms with Gasteiger partial charge in [0.25, 0.3) is 0 Å². The quantitative estimate of drug-likeness (QED) is 0.182. The van der Waals surface area contributed by atoms with E-state index in [1.54, 1.807) is 36.4 Å². The highest BCUT2D eigenvalue weighted by Gasteiger charge is 2.16. The summed E-state index contributed by atoms with van der Waals surface area (Å²) in [6.45, 7) is 4.09. The van der Waals surface area contributed by atoms with Crippen LogP contribution in [0.25, 0.3) is 22.3 Å². The summed E-state index contributed by atoms with van der Waals surface area (Å²) in [6.07, 6.45) is 6.83. The van der Waals surface area contributed by atoms with Gasteiger partial charge in [0.05, 0.1) is 0 Å². The second-order valence-electron chi connectivity index (χ2n) is 8.04. The largest absolute Gasteiger partial charge is 0.427 e. The van der Waals surface area contributed by atoms with Crippen LogP contribution in [0.2, 0.25) is 0 Å². The maximum Gasteiger partial charge on any atom is 0.311 e. The fourth-order valence-electron chi connectivity index (χ4n) is 3.69. The molecule has 3 rings (SSSR count). The summed E-state index contributed by atoms with van der Waals surface area (Å²) in [5, 5.41) is 0. The number of hydrogen-bond acceptors (Lipinski definition) is 2. The van der Waals surface area contributed by atoms with Crippen LogP contribution in [-0.2, 0) is 11.2 Å². The van der Waals surface area contributed by atoms with Crippen molar-refractivity contribution in [2.75, 3.05) is 0 Å². The lowest BCUT2D eigenvalue weighted by molar-refractivity contribution is -0.134. The minimum Gasteiger partial charge on any atom is -0.427 e. The molecule has 0 heterocycles. The van der Waals surface area contributed by atoms with Crippen LogP contribution >= 0.6 is 0 Å². The van der Waals surface area contributed by atoms with Gasteiger partial charge < -0.3 is 4.74 Å². The average Bonchev–Trinajstić information content (AvgIpc) is 2.80. The van der Waals surface area contributed by atoms with E-state index >= 15 is 0 Å². The summed E-state index contributed by atoms with van der Waals surface area (Å²) < 4.78 is 35.0. The van der Waals surface area contributed by atoms with Crippen LogP contribution in [0.3, 0.4) is 0 Å². The van der Waals surface area contributed by atoms with E-state index in [4.69, 9.17) is 4.74 Å². The molecule has 3 aromatic rings. The van der Waals surface area contributed by atoms with E-state index in [9.17, 15) is 13.6 Å². The predicted octanol–water partition coefficient (Wildman–Crippen LogP) is 8.13. The molecular weight excluding hydrogens is 406 g/mol. The first kappa shape index (κ1) is 23.6. The molecule has 0 amide bonds. The van der Waals surface area contributed by atoms with E-state index < -0.39 is 11.6 Å². The zero-order valence-electron chi connectivity index (χ0n) is 18.8. The molecule has 4 heteroatoms. The van der Waals surface area contributed by atoms with Crippen molar-refractivity contribution in [3.63, 3.8) is 0 Å². The number of halogens is 2. The Labute approximate surface area is 189 Å². The third-order valence-corrected chi connectivity index (χ3v) is 5.52. The fourth-order valence-corrected chi connectivity index (χ4v) is 3.69. The second-order valence-corrected chi connectivity index (χ2v) is 8.04. The first-order valence-corrected chi connectivity index (χ1v) is 11.4. The Morgan fingerprint density at radius 1 is 0.719 bits per heavy atom. The summed E-state index contributed by atoms with van der Waals surface area (Å²) in [7, 11) is 0. The Bertz CT molecular complexity index is 1020. The Morgan fingerprint density at radius 2 is 1.28 bits per heavy atom. The summed E-state index contributed by atoms with van der Waals surface area (Å²) in [5.41, 5.74) is 2.80. The van der Waals surface area contributed by atoms with Crippen molar-refractivity contribution in [1.29, 1.82) is 0 Å². The van der Waals surface area contributed by atoms with Gasteiger partial charge in [-0.25, -0.2) is 8.78 Å². The van der Waals surface area contributed by atoms with Crippen molar-refractivity contribution in [1.82, 2.24) is 0 Å². The molecule has 0 spiro atoms. The predicted molar refractivity (Wildman–Crippen MR) is 126 cm³/mol. The second kappa shape index (κ2) is 11.6. The summed E-state index contributed by atoms with van der Waals surface area (Å²) in [6, 6.07) is 17.3. The SMILES string of the molecule is CCCCCCc1ccc(-c2ccc(-c3ccc(OC(=O)CCC)cc3)c(F)c2F)cc1. The molecule has 0 aromatic heterocycles. The number of rotatable bonds is 10. The van der Waals surface area contributed by atoms with Gasteiger partial charge in [0.2, 0.25) is 0 Å². The van der Waals surface area contributed by atoms with Crippen molar-refractivity contribution < 1.29 is 18.3 Å². The van der Waals surface area contributed by atoms with Crippen molar-refractivity contribution in [3.8, 4) is 28.0 Å². The molecule has 0 unspecified atom stereocenters. The third kappa shape index (κ3) is 6.03. The lowest BCUT2D eigenvalue weighted by atomic mass is 9.97. The van der Waals surface area contributed by atoms with Crippen LogP contribution in [-0.4, -0.2) is 5.97 Å². The van der Waals surface area contributed by atoms with Gasteiger partial charge >= 0.3 is 5.97 Å². The van der Waals surface area contributed by atoms with Crippen molar-refractivity contribution in [3.05, 3.63) is 77.9 Å². The highest BCUT2D eigenvalue weighted by Crippen LogP contribution is 2.32. The van der Waals surface area contributed by atoms with Gasteiger partial charge in [0.15, 0.2) is 11.6 Å². The van der Waals surface area contributed by atoms with Gasteiger partial charge in [-0.2, -0.15) is 0 Å². The van der Waals surface area contributed by atoms with Crippen LogP contribution in [0.1, 0.15) is 57.9 Å². The van der Waals surface area contributed by atoms with E-state index in [2.05, 4.69) is 6.92 Å². The Balaban J connectivity index is 1.74. The van der Waals surface area contributed by atoms with Gasteiger partial charge in [0.1, 0.15) is 5.75 Å². The smallest absolute Gasteiger partial charge is 0.311 e. The molecule has 0 aliphatic carbocycles. The zero-order valence-corrected chi connectivity index (χ0v) is 18.8. The van der Waals surface area contributed by atoms with Gasteiger partial charge in [-0.15, -0.1) is 0 Å². The molecule has 2 nitrogen and oxygen atoms in total. The fraction of sp³-hybridized carbons (Fsp3) is 0.321. The Kier molecular flexibility index (Phi) is 8.55. The first-order chi connectivity index (χ1) is 15.5. The topological polar surface area (TPSA) is 26.3 Å². The molecule has 0 fully saturated rings. The molecule has 168 valence electrons. The van der Waals surface area contributed by atoms with Gasteiger partial charge in [0, 0.05) is 17.5 Å². The van der Waals surface area contributed by atoms with Crippen LogP contribution in [0.4, 0.5) is 8.78 Å². The third-order valence-electron chi connectivity index (χ3n) is 5.52. The number of benzene rings is 3. The Hall–Kier alpha value is -3.01. The lowest BCUT2D eigenvalue weighted by Gasteiger charge is -2.11. The highest BCUT2D eigenvalue weighted by atomic mass is 19.2. The minimum absolute atomic E-state index is 0.172. The molecule has 0 aliphatic heterocycles. The number of carbonyl (C=O) groups excluding carboxylic acids is 1. The van der Waals surface area contributed by atoms with Crippen LogP contribution in [0, 0.1) is 11.6 Å². The number of esters is 1. The average molecular weight is 437 g/mol. The summed E-state index contributed by atoms with van der Waals surface area (Å²) in [5.74, 6) is -1.67. The van der Waals surface area contributed by atoms with E-state index in [0.717, 1.165) is 12.8 Å². The maximum absolute atomic E-state index is 14.9. The number of ether oxygens (including phenoxy) is 1. The van der Waals surface area contributed by atoms with Crippen molar-refractivity contribution in [2.24, 2.45) is 0 Å². The molecule has 0 bridgehead atoms. The molecule has 32 heavy (non-hydrogen) atoms. The highest BCUT2D eigenvalue weighted by molar-refractivity contribution is 5.74. The Morgan fingerprint density at radius 3 is 1.81 bits per heavy atom. The minimum atomic E-state index is -0.887. The molecule has 3 aromatic carbocycles. The molecule has 0 aliphatic rings. The van der Waals surface area contributed by atoms with Crippen LogP contribution in [0.5, 0.6) is 5.75 Å². The lowest BCUT2D eigenvalue weighted by Crippen LogP contribution is -2.06. The zero-order chi connectivity index (χ0) is 22.9. The van der Waals surface area contributed by atoms with E-state index in [1.807, 2.05) is 31.2 Å². The van der Waals surface area contributed by atoms with Crippen LogP contribution in [0.15, 0.2) is 60.7 Å². The van der Waals surface area contributed by atoms with Crippen LogP contribution < -0.4 is 4.74 Å². The molecule has 0 radical (unpaired) electrons. The van der Waals surface area contributed by atoms with E-state index in [0.29, 0.717) is 29.7 Å². The maximum atomic E-state index is 14.9.